The van der Waals surface area contributed by atoms with Crippen LogP contribution in [-0.4, -0.2) is 49.2 Å². The molecule has 0 saturated carbocycles. The second-order valence-electron chi connectivity index (χ2n) is 7.46. The van der Waals surface area contributed by atoms with E-state index in [1.54, 1.807) is 7.11 Å². The van der Waals surface area contributed by atoms with Gasteiger partial charge in [0.25, 0.3) is 0 Å². The summed E-state index contributed by atoms with van der Waals surface area (Å²) in [5, 5.41) is 13.1. The zero-order valence-corrected chi connectivity index (χ0v) is 21.0. The molecule has 0 spiro atoms. The van der Waals surface area contributed by atoms with Crippen LogP contribution < -0.4 is 10.6 Å². The largest absolute Gasteiger partial charge is 0.481 e. The normalized spacial score (nSPS) is 8.97. The lowest BCUT2D eigenvalue weighted by molar-refractivity contribution is -0.137. The number of rotatable bonds is 8. The quantitative estimate of drug-likeness (QED) is 0.390. The number of carboxylic acids is 1. The number of unbranched alkanes of at least 4 members (excludes halogenated alkanes) is 1. The Morgan fingerprint density at radius 3 is 1.72 bits per heavy atom. The van der Waals surface area contributed by atoms with Crippen LogP contribution in [0.5, 0.6) is 0 Å². The molecule has 0 fully saturated rings. The third-order valence-electron chi connectivity index (χ3n) is 2.10. The van der Waals surface area contributed by atoms with Crippen LogP contribution in [0.25, 0.3) is 0 Å². The average molecular weight is 423 g/mol. The topological polar surface area (TPSA) is 105 Å². The molecule has 0 radical (unpaired) electrons. The van der Waals surface area contributed by atoms with E-state index in [1.807, 2.05) is 34.6 Å². The highest BCUT2D eigenvalue weighted by Crippen LogP contribution is 2.02. The highest BCUT2D eigenvalue weighted by molar-refractivity contribution is 5.79. The summed E-state index contributed by atoms with van der Waals surface area (Å²) < 4.78 is 4.94. The minimum atomic E-state index is -0.834. The van der Waals surface area contributed by atoms with Gasteiger partial charge in [-0.15, -0.1) is 0 Å². The number of aliphatic carboxylic acids is 1. The van der Waals surface area contributed by atoms with Gasteiger partial charge in [0.05, 0.1) is 12.1 Å². The molecule has 0 atom stereocenters. The smallest absolute Gasteiger partial charge is 0.303 e. The van der Waals surface area contributed by atoms with Gasteiger partial charge in [-0.3, -0.25) is 14.4 Å². The summed E-state index contributed by atoms with van der Waals surface area (Å²) in [7, 11) is 1.71. The van der Waals surface area contributed by atoms with E-state index in [1.165, 1.54) is 6.42 Å². The molecule has 7 nitrogen and oxygen atoms in total. The average Bonchev–Trinajstić information content (AvgIpc) is 2.61. The molecule has 0 heterocycles. The first-order valence-electron chi connectivity index (χ1n) is 10.6. The summed E-state index contributed by atoms with van der Waals surface area (Å²) in [6.07, 6.45) is 2.97. The Labute approximate surface area is 180 Å². The molecular formula is C22H50N2O5. The Hall–Kier alpha value is -1.63. The zero-order valence-electron chi connectivity index (χ0n) is 21.0. The lowest BCUT2D eigenvalue weighted by Crippen LogP contribution is -2.33. The highest BCUT2D eigenvalue weighted by Gasteiger charge is 2.04. The van der Waals surface area contributed by atoms with Crippen LogP contribution in [0.4, 0.5) is 0 Å². The third kappa shape index (κ3) is 87.6. The molecule has 2 amide bonds. The van der Waals surface area contributed by atoms with Crippen LogP contribution in [-0.2, 0) is 19.1 Å². The van der Waals surface area contributed by atoms with Crippen LogP contribution in [0, 0.1) is 5.92 Å². The monoisotopic (exact) mass is 422 g/mol. The first-order valence-corrected chi connectivity index (χ1v) is 10.6. The van der Waals surface area contributed by atoms with Crippen molar-refractivity contribution in [1.29, 1.82) is 0 Å². The molecular weight excluding hydrogens is 372 g/mol. The number of methoxy groups -OCH3 is 1. The van der Waals surface area contributed by atoms with Gasteiger partial charge in [0.15, 0.2) is 0 Å². The van der Waals surface area contributed by atoms with E-state index in [0.29, 0.717) is 25.8 Å². The number of hydrogen-bond acceptors (Lipinski definition) is 4. The van der Waals surface area contributed by atoms with E-state index < -0.39 is 5.97 Å². The van der Waals surface area contributed by atoms with Gasteiger partial charge < -0.3 is 20.5 Å². The van der Waals surface area contributed by atoms with E-state index in [9.17, 15) is 14.4 Å². The minimum absolute atomic E-state index is 0.0393. The number of ether oxygens (including phenoxy) is 1. The summed E-state index contributed by atoms with van der Waals surface area (Å²) in [6.45, 7) is 21.2. The van der Waals surface area contributed by atoms with Crippen molar-refractivity contribution in [3.63, 3.8) is 0 Å². The Balaban J connectivity index is -0.000000105. The number of amides is 2. The van der Waals surface area contributed by atoms with Gasteiger partial charge in [-0.2, -0.15) is 0 Å². The maximum atomic E-state index is 10.9. The van der Waals surface area contributed by atoms with Crippen molar-refractivity contribution in [3.05, 3.63) is 0 Å². The first kappa shape index (κ1) is 38.0. The first-order chi connectivity index (χ1) is 13.4. The fourth-order valence-corrected chi connectivity index (χ4v) is 0.826. The predicted octanol–water partition coefficient (Wildman–Crippen LogP) is 4.64. The van der Waals surface area contributed by atoms with Gasteiger partial charge >= 0.3 is 5.97 Å². The summed E-state index contributed by atoms with van der Waals surface area (Å²) >= 11 is 0. The summed E-state index contributed by atoms with van der Waals surface area (Å²) in [5.74, 6) is -0.272. The Kier molecular flexibility index (Phi) is 40.8. The second kappa shape index (κ2) is 31.1. The van der Waals surface area contributed by atoms with Crippen molar-refractivity contribution in [2.75, 3.05) is 20.2 Å². The van der Waals surface area contributed by atoms with Crippen molar-refractivity contribution < 1.29 is 24.2 Å². The fraction of sp³-hybridized carbons (Fsp3) is 0.864. The maximum Gasteiger partial charge on any atom is 0.303 e. The molecule has 0 rings (SSSR count). The van der Waals surface area contributed by atoms with E-state index in [-0.39, 0.29) is 24.5 Å². The van der Waals surface area contributed by atoms with E-state index in [4.69, 9.17) is 9.84 Å². The fourth-order valence-electron chi connectivity index (χ4n) is 0.826. The van der Waals surface area contributed by atoms with Gasteiger partial charge in [0, 0.05) is 20.1 Å². The van der Waals surface area contributed by atoms with Gasteiger partial charge in [-0.05, 0) is 39.5 Å². The molecule has 29 heavy (non-hydrogen) atoms. The molecule has 3 N–H and O–H groups in total. The van der Waals surface area contributed by atoms with Crippen LogP contribution in [0.1, 0.15) is 94.9 Å². The van der Waals surface area contributed by atoms with E-state index >= 15 is 0 Å². The molecule has 0 bridgehead atoms. The number of carbonyl (C=O) groups is 3. The van der Waals surface area contributed by atoms with Crippen molar-refractivity contribution in [3.8, 4) is 0 Å². The lowest BCUT2D eigenvalue weighted by atomic mass is 10.2. The number of carbonyl (C=O) groups excluding carboxylic acids is 2. The van der Waals surface area contributed by atoms with Crippen molar-refractivity contribution in [2.45, 2.75) is 101 Å². The van der Waals surface area contributed by atoms with Crippen LogP contribution in [0.3, 0.4) is 0 Å². The maximum absolute atomic E-state index is 10.9. The molecule has 0 aliphatic carbocycles. The molecule has 7 heteroatoms. The van der Waals surface area contributed by atoms with Crippen molar-refractivity contribution >= 4 is 18.3 Å². The number of hydrogen-bond donors (Lipinski definition) is 3. The zero-order chi connectivity index (χ0) is 24.3. The van der Waals surface area contributed by atoms with E-state index in [0.717, 1.165) is 5.92 Å². The highest BCUT2D eigenvalue weighted by atomic mass is 16.5. The molecule has 0 aromatic rings. The number of nitrogens with one attached hydrogen (secondary N) is 2. The molecule has 0 aromatic carbocycles. The van der Waals surface area contributed by atoms with Gasteiger partial charge in [0.2, 0.25) is 12.3 Å². The Morgan fingerprint density at radius 2 is 1.45 bits per heavy atom. The lowest BCUT2D eigenvalue weighted by Gasteiger charge is -2.14. The predicted molar refractivity (Wildman–Crippen MR) is 123 cm³/mol. The third-order valence-corrected chi connectivity index (χ3v) is 2.10. The molecule has 0 saturated heterocycles. The summed E-state index contributed by atoms with van der Waals surface area (Å²) in [4.78, 5) is 30.8. The van der Waals surface area contributed by atoms with Gasteiger partial charge in [-0.1, -0.05) is 54.9 Å². The van der Waals surface area contributed by atoms with Gasteiger partial charge in [0.1, 0.15) is 0 Å². The van der Waals surface area contributed by atoms with Crippen molar-refractivity contribution in [1.82, 2.24) is 10.6 Å². The minimum Gasteiger partial charge on any atom is -0.481 e. The second-order valence-corrected chi connectivity index (χ2v) is 7.46. The Morgan fingerprint density at radius 1 is 1.07 bits per heavy atom. The van der Waals surface area contributed by atoms with Gasteiger partial charge in [-0.25, -0.2) is 0 Å². The molecule has 178 valence electrons. The van der Waals surface area contributed by atoms with Crippen molar-refractivity contribution in [2.24, 2.45) is 5.92 Å². The molecule has 0 aliphatic rings. The Bertz CT molecular complexity index is 338. The van der Waals surface area contributed by atoms with E-state index in [2.05, 4.69) is 45.3 Å². The summed E-state index contributed by atoms with van der Waals surface area (Å²) in [5.41, 5.74) is 0.0417. The van der Waals surface area contributed by atoms with Crippen LogP contribution in [0.15, 0.2) is 0 Å². The molecule has 0 unspecified atom stereocenters. The summed E-state index contributed by atoms with van der Waals surface area (Å²) in [6, 6.07) is 0. The van der Waals surface area contributed by atoms with Crippen LogP contribution in [0.2, 0.25) is 0 Å². The van der Waals surface area contributed by atoms with Crippen LogP contribution >= 0.6 is 0 Å². The molecule has 0 aliphatic heterocycles. The SMILES string of the molecule is CC.CC(C)C.CCC.COC(C)(C)C.O=CNCC(=O)NCCCCC(=O)O. The molecule has 0 aromatic heterocycles. The standard InChI is InChI=1S/C8H14N2O4.C5H12O.C4H10.C3H8.C2H6/c11-6-9-5-7(12)10-4-2-1-3-8(13)14;1-5(2,3)6-4;1-4(2)3;1-3-2;1-2/h6H,1-5H2,(H,9,11)(H,10,12)(H,13,14);1-4H3;4H,1-3H3;3H2,1-2H3;1-2H3. The number of carboxylic acid groups (broad SMARTS) is 1.